The van der Waals surface area contributed by atoms with Crippen molar-refractivity contribution in [1.82, 2.24) is 5.32 Å². The number of hydrogen-bond donors (Lipinski definition) is 2. The maximum Gasteiger partial charge on any atom is 0.224 e. The van der Waals surface area contributed by atoms with Crippen molar-refractivity contribution in [3.05, 3.63) is 35.4 Å². The minimum atomic E-state index is 0.0415. The zero-order chi connectivity index (χ0) is 13.5. The standard InChI is InChI=1S/C15H24N2O/c1-11(2)7-14(16)10-17-15(18)9-13-6-4-5-12(3)8-13/h4-6,8,11,14H,7,9-10,16H2,1-3H3,(H,17,18). The molecule has 0 heterocycles. The Morgan fingerprint density at radius 3 is 2.72 bits per heavy atom. The summed E-state index contributed by atoms with van der Waals surface area (Å²) in [4.78, 5) is 11.7. The number of nitrogens with two attached hydrogens (primary N) is 1. The predicted molar refractivity (Wildman–Crippen MR) is 75.3 cm³/mol. The summed E-state index contributed by atoms with van der Waals surface area (Å²) in [6, 6.07) is 8.06. The zero-order valence-corrected chi connectivity index (χ0v) is 11.6. The van der Waals surface area contributed by atoms with E-state index in [9.17, 15) is 4.79 Å². The van der Waals surface area contributed by atoms with Crippen molar-refractivity contribution in [3.63, 3.8) is 0 Å². The van der Waals surface area contributed by atoms with E-state index in [-0.39, 0.29) is 11.9 Å². The van der Waals surface area contributed by atoms with E-state index in [0.29, 0.717) is 18.9 Å². The molecule has 0 bridgehead atoms. The SMILES string of the molecule is Cc1cccc(CC(=O)NCC(N)CC(C)C)c1. The van der Waals surface area contributed by atoms with Gasteiger partial charge in [-0.15, -0.1) is 0 Å². The Morgan fingerprint density at radius 1 is 1.39 bits per heavy atom. The monoisotopic (exact) mass is 248 g/mol. The van der Waals surface area contributed by atoms with E-state index < -0.39 is 0 Å². The second kappa shape index (κ2) is 7.17. The van der Waals surface area contributed by atoms with Gasteiger partial charge in [0.2, 0.25) is 5.91 Å². The summed E-state index contributed by atoms with van der Waals surface area (Å²) in [5.41, 5.74) is 8.15. The van der Waals surface area contributed by atoms with E-state index in [1.54, 1.807) is 0 Å². The number of amides is 1. The normalized spacial score (nSPS) is 12.5. The van der Waals surface area contributed by atoms with Crippen molar-refractivity contribution in [2.75, 3.05) is 6.54 Å². The fourth-order valence-corrected chi connectivity index (χ4v) is 2.00. The van der Waals surface area contributed by atoms with Crippen LogP contribution in [0.2, 0.25) is 0 Å². The van der Waals surface area contributed by atoms with Crippen LogP contribution < -0.4 is 11.1 Å². The number of carbonyl (C=O) groups is 1. The van der Waals surface area contributed by atoms with Crippen LogP contribution >= 0.6 is 0 Å². The fraction of sp³-hybridized carbons (Fsp3) is 0.533. The summed E-state index contributed by atoms with van der Waals surface area (Å²) < 4.78 is 0. The first-order valence-corrected chi connectivity index (χ1v) is 6.55. The van der Waals surface area contributed by atoms with Crippen molar-refractivity contribution in [2.45, 2.75) is 39.7 Å². The Kier molecular flexibility index (Phi) is 5.86. The van der Waals surface area contributed by atoms with Crippen LogP contribution in [0.3, 0.4) is 0 Å². The Morgan fingerprint density at radius 2 is 2.11 bits per heavy atom. The molecule has 3 heteroatoms. The Bertz CT molecular complexity index is 388. The molecule has 1 atom stereocenters. The summed E-state index contributed by atoms with van der Waals surface area (Å²) in [7, 11) is 0. The molecule has 0 spiro atoms. The average Bonchev–Trinajstić information content (AvgIpc) is 2.25. The summed E-state index contributed by atoms with van der Waals surface area (Å²) in [5.74, 6) is 0.605. The summed E-state index contributed by atoms with van der Waals surface area (Å²) in [6.07, 6.45) is 1.36. The number of benzene rings is 1. The lowest BCUT2D eigenvalue weighted by molar-refractivity contribution is -0.120. The molecule has 0 aliphatic rings. The second-order valence-electron chi connectivity index (χ2n) is 5.36. The highest BCUT2D eigenvalue weighted by Crippen LogP contribution is 2.05. The van der Waals surface area contributed by atoms with Crippen molar-refractivity contribution >= 4 is 5.91 Å². The lowest BCUT2D eigenvalue weighted by Gasteiger charge is -2.14. The summed E-state index contributed by atoms with van der Waals surface area (Å²) in [6.45, 7) is 6.85. The summed E-state index contributed by atoms with van der Waals surface area (Å²) >= 11 is 0. The van der Waals surface area contributed by atoms with Gasteiger partial charge >= 0.3 is 0 Å². The van der Waals surface area contributed by atoms with E-state index in [2.05, 4.69) is 19.2 Å². The van der Waals surface area contributed by atoms with E-state index in [1.165, 1.54) is 5.56 Å². The fourth-order valence-electron chi connectivity index (χ4n) is 2.00. The molecular weight excluding hydrogens is 224 g/mol. The van der Waals surface area contributed by atoms with Gasteiger partial charge in [0.15, 0.2) is 0 Å². The van der Waals surface area contributed by atoms with E-state index in [1.807, 2.05) is 31.2 Å². The van der Waals surface area contributed by atoms with Crippen LogP contribution in [0.4, 0.5) is 0 Å². The molecular formula is C15H24N2O. The first-order chi connectivity index (χ1) is 8.47. The topological polar surface area (TPSA) is 55.1 Å². The first-order valence-electron chi connectivity index (χ1n) is 6.55. The highest BCUT2D eigenvalue weighted by Gasteiger charge is 2.08. The number of aryl methyl sites for hydroxylation is 1. The molecule has 0 aliphatic carbocycles. The molecule has 0 radical (unpaired) electrons. The Labute approximate surface area is 110 Å². The third kappa shape index (κ3) is 5.82. The van der Waals surface area contributed by atoms with E-state index in [0.717, 1.165) is 12.0 Å². The average molecular weight is 248 g/mol. The van der Waals surface area contributed by atoms with Gasteiger partial charge in [0, 0.05) is 12.6 Å². The number of carbonyl (C=O) groups excluding carboxylic acids is 1. The smallest absolute Gasteiger partial charge is 0.224 e. The van der Waals surface area contributed by atoms with Crippen LogP contribution in [-0.2, 0) is 11.2 Å². The van der Waals surface area contributed by atoms with Gasteiger partial charge < -0.3 is 11.1 Å². The molecule has 3 N–H and O–H groups in total. The Hall–Kier alpha value is -1.35. The number of hydrogen-bond acceptors (Lipinski definition) is 2. The third-order valence-corrected chi connectivity index (χ3v) is 2.78. The van der Waals surface area contributed by atoms with Crippen LogP contribution in [-0.4, -0.2) is 18.5 Å². The molecule has 0 aliphatic heterocycles. The van der Waals surface area contributed by atoms with Crippen molar-refractivity contribution in [2.24, 2.45) is 11.7 Å². The van der Waals surface area contributed by atoms with Gasteiger partial charge in [-0.2, -0.15) is 0 Å². The van der Waals surface area contributed by atoms with Gasteiger partial charge in [0.1, 0.15) is 0 Å². The van der Waals surface area contributed by atoms with Gasteiger partial charge in [-0.3, -0.25) is 4.79 Å². The molecule has 1 aromatic rings. The van der Waals surface area contributed by atoms with Gasteiger partial charge in [0.25, 0.3) is 0 Å². The Balaban J connectivity index is 2.34. The lowest BCUT2D eigenvalue weighted by Crippen LogP contribution is -2.38. The van der Waals surface area contributed by atoms with E-state index >= 15 is 0 Å². The van der Waals surface area contributed by atoms with E-state index in [4.69, 9.17) is 5.73 Å². The predicted octanol–water partition coefficient (Wildman–Crippen LogP) is 2.03. The highest BCUT2D eigenvalue weighted by molar-refractivity contribution is 5.78. The minimum absolute atomic E-state index is 0.0415. The van der Waals surface area contributed by atoms with Crippen LogP contribution in [0.15, 0.2) is 24.3 Å². The maximum atomic E-state index is 11.7. The van der Waals surface area contributed by atoms with Crippen LogP contribution in [0.5, 0.6) is 0 Å². The molecule has 0 saturated carbocycles. The zero-order valence-electron chi connectivity index (χ0n) is 11.6. The molecule has 0 saturated heterocycles. The molecule has 18 heavy (non-hydrogen) atoms. The van der Waals surface area contributed by atoms with Crippen molar-refractivity contribution in [1.29, 1.82) is 0 Å². The minimum Gasteiger partial charge on any atom is -0.354 e. The maximum absolute atomic E-state index is 11.7. The number of rotatable bonds is 6. The summed E-state index contributed by atoms with van der Waals surface area (Å²) in [5, 5.41) is 2.89. The van der Waals surface area contributed by atoms with Crippen molar-refractivity contribution < 1.29 is 4.79 Å². The van der Waals surface area contributed by atoms with Gasteiger partial charge in [-0.25, -0.2) is 0 Å². The second-order valence-corrected chi connectivity index (χ2v) is 5.36. The molecule has 1 unspecified atom stereocenters. The van der Waals surface area contributed by atoms with Gasteiger partial charge in [-0.1, -0.05) is 43.7 Å². The van der Waals surface area contributed by atoms with Crippen LogP contribution in [0, 0.1) is 12.8 Å². The third-order valence-electron chi connectivity index (χ3n) is 2.78. The molecule has 3 nitrogen and oxygen atoms in total. The number of nitrogens with one attached hydrogen (secondary N) is 1. The molecule has 1 aromatic carbocycles. The molecule has 0 fully saturated rings. The molecule has 100 valence electrons. The largest absolute Gasteiger partial charge is 0.354 e. The van der Waals surface area contributed by atoms with Gasteiger partial charge in [-0.05, 0) is 24.8 Å². The molecule has 1 amide bonds. The lowest BCUT2D eigenvalue weighted by atomic mass is 10.0. The van der Waals surface area contributed by atoms with Crippen LogP contribution in [0.1, 0.15) is 31.4 Å². The van der Waals surface area contributed by atoms with Gasteiger partial charge in [0.05, 0.1) is 6.42 Å². The quantitative estimate of drug-likeness (QED) is 0.809. The first kappa shape index (κ1) is 14.7. The molecule has 0 aromatic heterocycles. The highest BCUT2D eigenvalue weighted by atomic mass is 16.1. The molecule has 1 rings (SSSR count). The van der Waals surface area contributed by atoms with Crippen LogP contribution in [0.25, 0.3) is 0 Å². The van der Waals surface area contributed by atoms with Crippen molar-refractivity contribution in [3.8, 4) is 0 Å².